The van der Waals surface area contributed by atoms with Gasteiger partial charge in [-0.1, -0.05) is 19.8 Å². The van der Waals surface area contributed by atoms with E-state index in [1.165, 1.54) is 25.3 Å². The Balaban J connectivity index is 2.38. The van der Waals surface area contributed by atoms with E-state index in [9.17, 15) is 4.79 Å². The van der Waals surface area contributed by atoms with Gasteiger partial charge in [-0.25, -0.2) is 0 Å². The van der Waals surface area contributed by atoms with E-state index in [-0.39, 0.29) is 11.9 Å². The first-order chi connectivity index (χ1) is 7.76. The number of ketones is 1. The monoisotopic (exact) mass is 220 g/mol. The second-order valence-electron chi connectivity index (χ2n) is 4.25. The van der Waals surface area contributed by atoms with Crippen LogP contribution in [-0.4, -0.2) is 11.9 Å². The Kier molecular flexibility index (Phi) is 5.71. The maximum atomic E-state index is 11.1. The van der Waals surface area contributed by atoms with E-state index in [0.717, 1.165) is 31.4 Å². The lowest BCUT2D eigenvalue weighted by Crippen LogP contribution is -2.18. The van der Waals surface area contributed by atoms with Gasteiger partial charge in [0.2, 0.25) is 5.78 Å². The summed E-state index contributed by atoms with van der Waals surface area (Å²) in [6.07, 6.45) is 14.6. The van der Waals surface area contributed by atoms with E-state index in [1.807, 2.05) is 0 Å². The average molecular weight is 220 g/mol. The van der Waals surface area contributed by atoms with Gasteiger partial charge in [-0.2, -0.15) is 0 Å². The zero-order chi connectivity index (χ0) is 11.8. The Hall–Kier alpha value is -1.23. The fraction of sp³-hybridized carbons (Fsp3) is 0.643. The molecule has 0 aromatic rings. The number of allylic oxidation sites excluding steroid dienone is 2. The van der Waals surface area contributed by atoms with E-state index in [2.05, 4.69) is 12.8 Å². The number of unbranched alkanes of at least 4 members (excludes halogenated alkanes) is 2. The first-order valence-electron chi connectivity index (χ1n) is 6.14. The van der Waals surface area contributed by atoms with Crippen molar-refractivity contribution in [1.29, 1.82) is 0 Å². The Morgan fingerprint density at radius 1 is 1.62 bits per heavy atom. The third-order valence-electron chi connectivity index (χ3n) is 2.83. The van der Waals surface area contributed by atoms with Crippen LogP contribution in [0.1, 0.15) is 51.9 Å². The van der Waals surface area contributed by atoms with Crippen molar-refractivity contribution in [3.8, 4) is 12.3 Å². The molecule has 1 unspecified atom stereocenters. The van der Waals surface area contributed by atoms with Crippen molar-refractivity contribution in [2.24, 2.45) is 0 Å². The lowest BCUT2D eigenvalue weighted by Gasteiger charge is -2.25. The summed E-state index contributed by atoms with van der Waals surface area (Å²) in [6, 6.07) is 0. The van der Waals surface area contributed by atoms with Gasteiger partial charge < -0.3 is 4.74 Å². The van der Waals surface area contributed by atoms with Crippen molar-refractivity contribution in [3.63, 3.8) is 0 Å². The summed E-state index contributed by atoms with van der Waals surface area (Å²) in [4.78, 5) is 11.1. The molecule has 0 aromatic heterocycles. The molecule has 0 aromatic carbocycles. The zero-order valence-corrected chi connectivity index (χ0v) is 10.00. The van der Waals surface area contributed by atoms with Crippen molar-refractivity contribution in [2.45, 2.75) is 58.0 Å². The van der Waals surface area contributed by atoms with Crippen LogP contribution >= 0.6 is 0 Å². The minimum absolute atomic E-state index is 0.288. The standard InChI is InChI=1S/C14H20O2/c1-3-5-6-8-13-9-7-10-14(16-13)11-12(15)4-2/h2,11,13H,3,5-10H2,1H3/b14-11+. The largest absolute Gasteiger partial charge is 0.495 e. The van der Waals surface area contributed by atoms with Crippen molar-refractivity contribution in [3.05, 3.63) is 11.8 Å². The minimum Gasteiger partial charge on any atom is -0.495 e. The van der Waals surface area contributed by atoms with Crippen LogP contribution in [0.5, 0.6) is 0 Å². The molecule has 1 rings (SSSR count). The van der Waals surface area contributed by atoms with Crippen LogP contribution in [-0.2, 0) is 9.53 Å². The first kappa shape index (κ1) is 12.8. The molecule has 1 saturated heterocycles. The predicted molar refractivity (Wildman–Crippen MR) is 64.8 cm³/mol. The van der Waals surface area contributed by atoms with Crippen LogP contribution < -0.4 is 0 Å². The molecule has 0 spiro atoms. The van der Waals surface area contributed by atoms with Crippen LogP contribution in [0.4, 0.5) is 0 Å². The molecule has 1 fully saturated rings. The van der Waals surface area contributed by atoms with Crippen LogP contribution in [0.15, 0.2) is 11.8 Å². The fourth-order valence-corrected chi connectivity index (χ4v) is 1.96. The van der Waals surface area contributed by atoms with Crippen LogP contribution in [0, 0.1) is 12.3 Å². The molecule has 0 N–H and O–H groups in total. The smallest absolute Gasteiger partial charge is 0.231 e. The summed E-state index contributed by atoms with van der Waals surface area (Å²) < 4.78 is 5.75. The number of carbonyl (C=O) groups excluding carboxylic acids is 1. The molecule has 88 valence electrons. The maximum Gasteiger partial charge on any atom is 0.231 e. The Labute approximate surface area is 98.1 Å². The molecule has 0 aliphatic carbocycles. The van der Waals surface area contributed by atoms with Crippen molar-refractivity contribution in [2.75, 3.05) is 0 Å². The number of rotatable bonds is 5. The number of hydrogen-bond donors (Lipinski definition) is 0. The highest BCUT2D eigenvalue weighted by Crippen LogP contribution is 2.25. The average Bonchev–Trinajstić information content (AvgIpc) is 2.30. The van der Waals surface area contributed by atoms with Gasteiger partial charge in [0.25, 0.3) is 0 Å². The lowest BCUT2D eigenvalue weighted by atomic mass is 10.0. The number of carbonyl (C=O) groups is 1. The van der Waals surface area contributed by atoms with Crippen molar-refractivity contribution >= 4 is 5.78 Å². The van der Waals surface area contributed by atoms with Gasteiger partial charge in [-0.05, 0) is 31.6 Å². The quantitative estimate of drug-likeness (QED) is 0.308. The molecular weight excluding hydrogens is 200 g/mol. The molecule has 1 aliphatic heterocycles. The fourth-order valence-electron chi connectivity index (χ4n) is 1.96. The van der Waals surface area contributed by atoms with Crippen molar-refractivity contribution in [1.82, 2.24) is 0 Å². The van der Waals surface area contributed by atoms with Gasteiger partial charge in [0.05, 0.1) is 6.10 Å². The van der Waals surface area contributed by atoms with Gasteiger partial charge in [-0.15, -0.1) is 6.42 Å². The molecule has 0 radical (unpaired) electrons. The van der Waals surface area contributed by atoms with E-state index in [1.54, 1.807) is 0 Å². The summed E-state index contributed by atoms with van der Waals surface area (Å²) in [5.41, 5.74) is 0. The van der Waals surface area contributed by atoms with E-state index in [0.29, 0.717) is 0 Å². The number of hydrogen-bond acceptors (Lipinski definition) is 2. The van der Waals surface area contributed by atoms with Crippen molar-refractivity contribution < 1.29 is 9.53 Å². The lowest BCUT2D eigenvalue weighted by molar-refractivity contribution is -0.110. The Bertz CT molecular complexity index is 296. The highest BCUT2D eigenvalue weighted by molar-refractivity contribution is 6.03. The van der Waals surface area contributed by atoms with Gasteiger partial charge >= 0.3 is 0 Å². The molecule has 16 heavy (non-hydrogen) atoms. The van der Waals surface area contributed by atoms with Gasteiger partial charge in [0.15, 0.2) is 0 Å². The highest BCUT2D eigenvalue weighted by atomic mass is 16.5. The summed E-state index contributed by atoms with van der Waals surface area (Å²) >= 11 is 0. The number of terminal acetylenes is 1. The van der Waals surface area contributed by atoms with Gasteiger partial charge in [0, 0.05) is 12.5 Å². The second-order valence-corrected chi connectivity index (χ2v) is 4.25. The molecule has 1 atom stereocenters. The van der Waals surface area contributed by atoms with Crippen LogP contribution in [0.3, 0.4) is 0 Å². The molecule has 0 amide bonds. The second kappa shape index (κ2) is 7.11. The third kappa shape index (κ3) is 4.53. The van der Waals surface area contributed by atoms with Crippen LogP contribution in [0.2, 0.25) is 0 Å². The summed E-state index contributed by atoms with van der Waals surface area (Å²) in [6.45, 7) is 2.19. The van der Waals surface area contributed by atoms with Gasteiger partial charge in [0.1, 0.15) is 5.76 Å². The topological polar surface area (TPSA) is 26.3 Å². The van der Waals surface area contributed by atoms with E-state index >= 15 is 0 Å². The summed E-state index contributed by atoms with van der Waals surface area (Å²) in [5, 5.41) is 0. The van der Waals surface area contributed by atoms with E-state index in [4.69, 9.17) is 11.2 Å². The van der Waals surface area contributed by atoms with Gasteiger partial charge in [-0.3, -0.25) is 4.79 Å². The predicted octanol–water partition coefficient (Wildman–Crippen LogP) is 3.22. The van der Waals surface area contributed by atoms with E-state index < -0.39 is 0 Å². The third-order valence-corrected chi connectivity index (χ3v) is 2.83. The Morgan fingerprint density at radius 2 is 2.44 bits per heavy atom. The number of ether oxygens (including phenoxy) is 1. The summed E-state index contributed by atoms with van der Waals surface area (Å²) in [5.74, 6) is 2.57. The Morgan fingerprint density at radius 3 is 3.12 bits per heavy atom. The molecule has 1 heterocycles. The minimum atomic E-state index is -0.288. The normalized spacial score (nSPS) is 22.5. The maximum absolute atomic E-state index is 11.1. The SMILES string of the molecule is C#CC(=O)/C=C1\CCCC(CCCCC)O1. The van der Waals surface area contributed by atoms with Crippen LogP contribution in [0.25, 0.3) is 0 Å². The zero-order valence-electron chi connectivity index (χ0n) is 10.00. The molecule has 1 aliphatic rings. The summed E-state index contributed by atoms with van der Waals surface area (Å²) in [7, 11) is 0. The first-order valence-corrected chi connectivity index (χ1v) is 6.14. The molecule has 0 bridgehead atoms. The molecule has 0 saturated carbocycles. The molecule has 2 nitrogen and oxygen atoms in total. The highest BCUT2D eigenvalue weighted by Gasteiger charge is 2.17. The molecule has 2 heteroatoms. The molecular formula is C14H20O2.